The average Bonchev–Trinajstić information content (AvgIpc) is 3.16. The van der Waals surface area contributed by atoms with Gasteiger partial charge in [-0.25, -0.2) is 0 Å². The summed E-state index contributed by atoms with van der Waals surface area (Å²) in [5, 5.41) is 22.8. The van der Waals surface area contributed by atoms with Gasteiger partial charge in [0.05, 0.1) is 11.1 Å². The molecule has 2 unspecified atom stereocenters. The van der Waals surface area contributed by atoms with Crippen LogP contribution in [-0.2, 0) is 4.79 Å². The number of nitrogens with zero attached hydrogens (tertiary/aromatic N) is 3. The van der Waals surface area contributed by atoms with Crippen LogP contribution in [0.2, 0.25) is 0 Å². The summed E-state index contributed by atoms with van der Waals surface area (Å²) in [6, 6.07) is 9.99. The number of rotatable bonds is 8. The third kappa shape index (κ3) is 7.08. The summed E-state index contributed by atoms with van der Waals surface area (Å²) in [6.45, 7) is 8.55. The Bertz CT molecular complexity index is 1010. The van der Waals surface area contributed by atoms with Crippen molar-refractivity contribution >= 4 is 58.6 Å². The quantitative estimate of drug-likeness (QED) is 0.261. The molecular formula is C24H28N4O2S4. The Hall–Kier alpha value is -1.85. The monoisotopic (exact) mass is 532 g/mol. The molecule has 1 N–H and O–H groups in total. The van der Waals surface area contributed by atoms with Crippen LogP contribution in [-0.4, -0.2) is 46.3 Å². The SMILES string of the molecule is C=C1CSCC(SCOc2ccc3c(c2)SC(=C(C#N)C#N)N3CCCC)C(NC(C)=O)SC1. The highest BCUT2D eigenvalue weighted by atomic mass is 32.2. The zero-order chi connectivity index (χ0) is 24.5. The van der Waals surface area contributed by atoms with Crippen molar-refractivity contribution in [1.82, 2.24) is 5.32 Å². The lowest BCUT2D eigenvalue weighted by Gasteiger charge is -2.29. The molecule has 0 radical (unpaired) electrons. The molecule has 34 heavy (non-hydrogen) atoms. The second-order valence-electron chi connectivity index (χ2n) is 7.81. The molecule has 10 heteroatoms. The molecule has 1 fully saturated rings. The minimum Gasteiger partial charge on any atom is -0.483 e. The maximum Gasteiger partial charge on any atom is 0.217 e. The van der Waals surface area contributed by atoms with Crippen molar-refractivity contribution in [2.45, 2.75) is 42.2 Å². The number of anilines is 1. The highest BCUT2D eigenvalue weighted by Gasteiger charge is 2.29. The average molecular weight is 533 g/mol. The predicted molar refractivity (Wildman–Crippen MR) is 146 cm³/mol. The molecule has 1 aromatic carbocycles. The second kappa shape index (κ2) is 13.3. The van der Waals surface area contributed by atoms with Gasteiger partial charge in [0.1, 0.15) is 28.9 Å². The number of fused-ring (bicyclic) bond motifs is 1. The highest BCUT2D eigenvalue weighted by molar-refractivity contribution is 8.06. The molecule has 3 rings (SSSR count). The lowest BCUT2D eigenvalue weighted by Crippen LogP contribution is -2.41. The van der Waals surface area contributed by atoms with Gasteiger partial charge in [-0.3, -0.25) is 4.79 Å². The first-order valence-electron chi connectivity index (χ1n) is 11.0. The molecule has 0 aliphatic carbocycles. The molecule has 180 valence electrons. The first kappa shape index (κ1) is 26.7. The summed E-state index contributed by atoms with van der Waals surface area (Å²) >= 11 is 6.73. The molecule has 6 nitrogen and oxygen atoms in total. The zero-order valence-corrected chi connectivity index (χ0v) is 22.6. The van der Waals surface area contributed by atoms with E-state index in [-0.39, 0.29) is 22.1 Å². The van der Waals surface area contributed by atoms with E-state index in [1.807, 2.05) is 42.1 Å². The molecule has 2 aliphatic rings. The number of ether oxygens (including phenoxy) is 1. The van der Waals surface area contributed by atoms with Gasteiger partial charge < -0.3 is 15.0 Å². The summed E-state index contributed by atoms with van der Waals surface area (Å²) < 4.78 is 6.08. The molecule has 1 aromatic rings. The highest BCUT2D eigenvalue weighted by Crippen LogP contribution is 2.48. The topological polar surface area (TPSA) is 89.2 Å². The maximum absolute atomic E-state index is 11.7. The number of benzene rings is 1. The van der Waals surface area contributed by atoms with E-state index in [1.165, 1.54) is 17.3 Å². The van der Waals surface area contributed by atoms with Crippen molar-refractivity contribution in [3.05, 3.63) is 41.0 Å². The molecule has 1 saturated heterocycles. The maximum atomic E-state index is 11.7. The van der Waals surface area contributed by atoms with Gasteiger partial charge in [-0.2, -0.15) is 22.3 Å². The molecule has 0 bridgehead atoms. The number of thioether (sulfide) groups is 4. The molecule has 1 amide bonds. The van der Waals surface area contributed by atoms with Gasteiger partial charge in [0, 0.05) is 40.9 Å². The van der Waals surface area contributed by atoms with Gasteiger partial charge >= 0.3 is 0 Å². The van der Waals surface area contributed by atoms with Crippen molar-refractivity contribution in [2.75, 3.05) is 34.6 Å². The third-order valence-electron chi connectivity index (χ3n) is 5.09. The van der Waals surface area contributed by atoms with Crippen LogP contribution < -0.4 is 15.0 Å². The van der Waals surface area contributed by atoms with E-state index in [2.05, 4.69) is 23.7 Å². The van der Waals surface area contributed by atoms with Crippen LogP contribution in [0.15, 0.2) is 45.8 Å². The molecule has 2 atom stereocenters. The lowest BCUT2D eigenvalue weighted by molar-refractivity contribution is -0.119. The van der Waals surface area contributed by atoms with E-state index in [9.17, 15) is 15.3 Å². The van der Waals surface area contributed by atoms with Crippen LogP contribution in [0.3, 0.4) is 0 Å². The molecule has 0 spiro atoms. The van der Waals surface area contributed by atoms with Gasteiger partial charge in [-0.1, -0.05) is 37.3 Å². The van der Waals surface area contributed by atoms with Crippen LogP contribution in [0, 0.1) is 22.7 Å². The number of carbonyl (C=O) groups excluding carboxylic acids is 1. The Morgan fingerprint density at radius 2 is 2.15 bits per heavy atom. The second-order valence-corrected chi connectivity index (χ2v) is 12.2. The summed E-state index contributed by atoms with van der Waals surface area (Å²) in [5.74, 6) is 3.89. The van der Waals surface area contributed by atoms with Gasteiger partial charge in [0.15, 0.2) is 5.57 Å². The first-order chi connectivity index (χ1) is 16.5. The fourth-order valence-electron chi connectivity index (χ4n) is 3.43. The van der Waals surface area contributed by atoms with Crippen molar-refractivity contribution in [1.29, 1.82) is 10.5 Å². The van der Waals surface area contributed by atoms with Crippen molar-refractivity contribution in [3.8, 4) is 17.9 Å². The molecule has 2 aliphatic heterocycles. The van der Waals surface area contributed by atoms with E-state index in [1.54, 1.807) is 30.4 Å². The van der Waals surface area contributed by atoms with E-state index >= 15 is 0 Å². The predicted octanol–water partition coefficient (Wildman–Crippen LogP) is 5.59. The Kier molecular flexibility index (Phi) is 10.5. The van der Waals surface area contributed by atoms with E-state index in [4.69, 9.17) is 4.74 Å². The Balaban J connectivity index is 1.68. The number of hydrogen-bond acceptors (Lipinski definition) is 9. The van der Waals surface area contributed by atoms with Crippen LogP contribution in [0.25, 0.3) is 0 Å². The third-order valence-corrected chi connectivity index (χ3v) is 10.3. The molecule has 2 heterocycles. The smallest absolute Gasteiger partial charge is 0.217 e. The van der Waals surface area contributed by atoms with Crippen molar-refractivity contribution in [3.63, 3.8) is 0 Å². The standard InChI is InChI=1S/C24H28N4O2S4/c1-4-5-8-28-20-7-6-19(9-21(20)34-24(28)18(10-25)11-26)30-15-33-22-14-31-12-16(2)13-32-23(22)27-17(3)29/h6-7,9,22-23H,2,4-5,8,12-15H2,1,3H3,(H,27,29). The number of hydrogen-bond donors (Lipinski definition) is 1. The minimum atomic E-state index is -0.0264. The largest absolute Gasteiger partial charge is 0.483 e. The normalized spacial score (nSPS) is 19.9. The van der Waals surface area contributed by atoms with Crippen LogP contribution in [0.5, 0.6) is 5.75 Å². The first-order valence-corrected chi connectivity index (χ1v) is 15.0. The number of amides is 1. The number of allylic oxidation sites excluding steroid dienone is 1. The van der Waals surface area contributed by atoms with Crippen LogP contribution in [0.1, 0.15) is 26.7 Å². The lowest BCUT2D eigenvalue weighted by atomic mass is 10.2. The van der Waals surface area contributed by atoms with Crippen LogP contribution in [0.4, 0.5) is 5.69 Å². The summed E-state index contributed by atoms with van der Waals surface area (Å²) in [5.41, 5.74) is 2.34. The van der Waals surface area contributed by atoms with Gasteiger partial charge in [0.25, 0.3) is 0 Å². The number of unbranched alkanes of at least 4 members (excludes halogenated alkanes) is 1. The fraction of sp³-hybridized carbons (Fsp3) is 0.458. The Morgan fingerprint density at radius 1 is 1.35 bits per heavy atom. The van der Waals surface area contributed by atoms with E-state index < -0.39 is 0 Å². The fourth-order valence-corrected chi connectivity index (χ4v) is 8.61. The Labute approximate surface area is 218 Å². The Morgan fingerprint density at radius 3 is 2.85 bits per heavy atom. The van der Waals surface area contributed by atoms with E-state index in [0.29, 0.717) is 11.0 Å². The molecular weight excluding hydrogens is 505 g/mol. The molecule has 0 aromatic heterocycles. The summed E-state index contributed by atoms with van der Waals surface area (Å²) in [4.78, 5) is 14.8. The zero-order valence-electron chi connectivity index (χ0n) is 19.3. The summed E-state index contributed by atoms with van der Waals surface area (Å²) in [6.07, 6.45) is 2.00. The van der Waals surface area contributed by atoms with Crippen molar-refractivity contribution in [2.24, 2.45) is 0 Å². The minimum absolute atomic E-state index is 0.0152. The van der Waals surface area contributed by atoms with Gasteiger partial charge in [0.2, 0.25) is 5.91 Å². The van der Waals surface area contributed by atoms with Crippen molar-refractivity contribution < 1.29 is 9.53 Å². The summed E-state index contributed by atoms with van der Waals surface area (Å²) in [7, 11) is 0. The van der Waals surface area contributed by atoms with E-state index in [0.717, 1.165) is 53.0 Å². The number of carbonyl (C=O) groups is 1. The van der Waals surface area contributed by atoms with Gasteiger partial charge in [-0.15, -0.1) is 23.5 Å². The number of nitriles is 2. The number of nitrogens with one attached hydrogen (secondary N) is 1. The van der Waals surface area contributed by atoms with Gasteiger partial charge in [-0.05, 0) is 24.6 Å². The molecule has 0 saturated carbocycles. The van der Waals surface area contributed by atoms with Crippen LogP contribution >= 0.6 is 47.0 Å².